The van der Waals surface area contributed by atoms with Crippen LogP contribution in [0.4, 0.5) is 4.39 Å². The number of benzene rings is 1. The molecule has 0 aliphatic rings. The summed E-state index contributed by atoms with van der Waals surface area (Å²) in [4.78, 5) is 3.61. The van der Waals surface area contributed by atoms with Gasteiger partial charge in [0, 0.05) is 17.7 Å². The molecule has 2 nitrogen and oxygen atoms in total. The highest BCUT2D eigenvalue weighted by Crippen LogP contribution is 2.16. The molecule has 0 amide bonds. The lowest BCUT2D eigenvalue weighted by Gasteiger charge is -1.99. The zero-order chi connectivity index (χ0) is 9.26. The Hall–Kier alpha value is -1.77. The largest absolute Gasteiger partial charge is 0.306 e. The molecule has 3 heteroatoms. The lowest BCUT2D eigenvalue weighted by atomic mass is 10.1. The lowest BCUT2D eigenvalue weighted by Crippen LogP contribution is -1.92. The minimum atomic E-state index is -0.544. The second-order valence-corrected chi connectivity index (χ2v) is 2.70. The molecule has 0 spiro atoms. The van der Waals surface area contributed by atoms with E-state index < -0.39 is 5.95 Å². The quantitative estimate of drug-likeness (QED) is 0.523. The fraction of sp³-hybridized carbons (Fsp3) is 0. The first-order valence-corrected chi connectivity index (χ1v) is 3.87. The monoisotopic (exact) mass is 174 g/mol. The van der Waals surface area contributed by atoms with E-state index >= 15 is 0 Å². The third kappa shape index (κ3) is 1.28. The predicted octanol–water partition coefficient (Wildman–Crippen LogP) is 2.37. The van der Waals surface area contributed by atoms with Gasteiger partial charge in [-0.3, -0.25) is 0 Å². The molecule has 0 aliphatic carbocycles. The van der Waals surface area contributed by atoms with Gasteiger partial charge < -0.3 is 5.41 Å². The first-order chi connectivity index (χ1) is 6.31. The van der Waals surface area contributed by atoms with Crippen molar-refractivity contribution < 1.29 is 4.39 Å². The van der Waals surface area contributed by atoms with Crippen molar-refractivity contribution in [3.05, 3.63) is 42.0 Å². The van der Waals surface area contributed by atoms with E-state index in [0.29, 0.717) is 5.69 Å². The molecule has 1 N–H and O–H groups in total. The van der Waals surface area contributed by atoms with E-state index in [0.717, 1.165) is 17.0 Å². The van der Waals surface area contributed by atoms with Crippen molar-refractivity contribution >= 4 is 17.0 Å². The zero-order valence-electron chi connectivity index (χ0n) is 6.79. The number of hydrogen-bond acceptors (Lipinski definition) is 2. The van der Waals surface area contributed by atoms with Gasteiger partial charge in [-0.15, -0.1) is 0 Å². The van der Waals surface area contributed by atoms with Crippen molar-refractivity contribution in [2.45, 2.75) is 0 Å². The Morgan fingerprint density at radius 1 is 1.31 bits per heavy atom. The van der Waals surface area contributed by atoms with Crippen molar-refractivity contribution in [2.24, 2.45) is 0 Å². The number of halogens is 1. The van der Waals surface area contributed by atoms with Gasteiger partial charge in [-0.25, -0.2) is 4.98 Å². The van der Waals surface area contributed by atoms with Crippen LogP contribution in [0, 0.1) is 11.4 Å². The molecule has 13 heavy (non-hydrogen) atoms. The van der Waals surface area contributed by atoms with Crippen LogP contribution in [0.1, 0.15) is 5.69 Å². The van der Waals surface area contributed by atoms with Gasteiger partial charge in [0.2, 0.25) is 5.95 Å². The third-order valence-electron chi connectivity index (χ3n) is 1.88. The summed E-state index contributed by atoms with van der Waals surface area (Å²) >= 11 is 0. The molecule has 1 aromatic carbocycles. The van der Waals surface area contributed by atoms with E-state index in [1.807, 2.05) is 18.2 Å². The summed E-state index contributed by atoms with van der Waals surface area (Å²) in [5.41, 5.74) is 0.371. The van der Waals surface area contributed by atoms with Gasteiger partial charge in [0.05, 0.1) is 5.69 Å². The van der Waals surface area contributed by atoms with Crippen LogP contribution in [-0.4, -0.2) is 11.2 Å². The van der Waals surface area contributed by atoms with Crippen LogP contribution < -0.4 is 0 Å². The molecule has 0 saturated heterocycles. The Morgan fingerprint density at radius 2 is 2.08 bits per heavy atom. The minimum absolute atomic E-state index is 0.371. The number of aromatic nitrogens is 1. The van der Waals surface area contributed by atoms with Crippen LogP contribution in [0.2, 0.25) is 0 Å². The second kappa shape index (κ2) is 2.94. The van der Waals surface area contributed by atoms with Gasteiger partial charge in [0.15, 0.2) is 0 Å². The van der Waals surface area contributed by atoms with Crippen molar-refractivity contribution in [2.75, 3.05) is 0 Å². The maximum atomic E-state index is 12.9. The summed E-state index contributed by atoms with van der Waals surface area (Å²) in [7, 11) is 0. The summed E-state index contributed by atoms with van der Waals surface area (Å²) in [6.07, 6.45) is 1.06. The van der Waals surface area contributed by atoms with E-state index in [9.17, 15) is 4.39 Å². The first-order valence-electron chi connectivity index (χ1n) is 3.87. The number of hydrogen-bond donors (Lipinski definition) is 1. The standard InChI is InChI=1S/C10H7FN2/c11-10-5-7-3-1-2-4-8(7)9(6-12)13-10/h1-6,12H. The summed E-state index contributed by atoms with van der Waals surface area (Å²) < 4.78 is 12.9. The Labute approximate surface area is 74.5 Å². The maximum absolute atomic E-state index is 12.9. The smallest absolute Gasteiger partial charge is 0.214 e. The number of nitrogens with one attached hydrogen (secondary N) is 1. The molecule has 0 aliphatic heterocycles. The van der Waals surface area contributed by atoms with Gasteiger partial charge in [-0.1, -0.05) is 24.3 Å². The molecule has 0 radical (unpaired) electrons. The molecule has 1 aromatic heterocycles. The summed E-state index contributed by atoms with van der Waals surface area (Å²) in [5.74, 6) is -0.544. The number of pyridine rings is 1. The van der Waals surface area contributed by atoms with Crippen molar-refractivity contribution in [3.63, 3.8) is 0 Å². The molecule has 1 heterocycles. The fourth-order valence-corrected chi connectivity index (χ4v) is 1.30. The molecule has 0 bridgehead atoms. The highest BCUT2D eigenvalue weighted by Gasteiger charge is 2.01. The average Bonchev–Trinajstić information content (AvgIpc) is 2.16. The summed E-state index contributed by atoms with van der Waals surface area (Å²) in [6.45, 7) is 0. The Kier molecular flexibility index (Phi) is 1.77. The van der Waals surface area contributed by atoms with Gasteiger partial charge in [-0.2, -0.15) is 4.39 Å². The molecule has 2 aromatic rings. The summed E-state index contributed by atoms with van der Waals surface area (Å²) in [5, 5.41) is 8.64. The fourth-order valence-electron chi connectivity index (χ4n) is 1.30. The zero-order valence-corrected chi connectivity index (χ0v) is 6.79. The normalized spacial score (nSPS) is 10.2. The van der Waals surface area contributed by atoms with E-state index in [1.54, 1.807) is 6.07 Å². The Morgan fingerprint density at radius 3 is 2.85 bits per heavy atom. The Balaban J connectivity index is 2.89. The minimum Gasteiger partial charge on any atom is -0.306 e. The molecule has 0 unspecified atom stereocenters. The van der Waals surface area contributed by atoms with Gasteiger partial charge in [-0.05, 0) is 5.39 Å². The number of rotatable bonds is 1. The van der Waals surface area contributed by atoms with Gasteiger partial charge in [0.25, 0.3) is 0 Å². The van der Waals surface area contributed by atoms with E-state index in [-0.39, 0.29) is 0 Å². The van der Waals surface area contributed by atoms with E-state index in [1.165, 1.54) is 6.07 Å². The first kappa shape index (κ1) is 7.86. The molecule has 0 fully saturated rings. The molecule has 2 rings (SSSR count). The van der Waals surface area contributed by atoms with Crippen LogP contribution in [0.25, 0.3) is 10.8 Å². The Bertz CT molecular complexity index is 465. The number of nitrogens with zero attached hydrogens (tertiary/aromatic N) is 1. The molecule has 0 saturated carbocycles. The second-order valence-electron chi connectivity index (χ2n) is 2.70. The van der Waals surface area contributed by atoms with Crippen molar-refractivity contribution in [1.29, 1.82) is 5.41 Å². The van der Waals surface area contributed by atoms with Crippen molar-refractivity contribution in [3.8, 4) is 0 Å². The van der Waals surface area contributed by atoms with Crippen LogP contribution in [0.15, 0.2) is 30.3 Å². The summed E-state index contributed by atoms with van der Waals surface area (Å²) in [6, 6.07) is 8.65. The highest BCUT2D eigenvalue weighted by molar-refractivity contribution is 5.96. The molecule has 64 valence electrons. The third-order valence-corrected chi connectivity index (χ3v) is 1.88. The lowest BCUT2D eigenvalue weighted by molar-refractivity contribution is 0.585. The highest BCUT2D eigenvalue weighted by atomic mass is 19.1. The van der Waals surface area contributed by atoms with Crippen molar-refractivity contribution in [1.82, 2.24) is 4.98 Å². The topological polar surface area (TPSA) is 36.7 Å². The predicted molar refractivity (Wildman–Crippen MR) is 49.6 cm³/mol. The van der Waals surface area contributed by atoms with Crippen LogP contribution in [-0.2, 0) is 0 Å². The van der Waals surface area contributed by atoms with Gasteiger partial charge in [0.1, 0.15) is 0 Å². The number of fused-ring (bicyclic) bond motifs is 1. The molecular formula is C10H7FN2. The SMILES string of the molecule is N=Cc1nc(F)cc2ccccc12. The molecule has 0 atom stereocenters. The van der Waals surface area contributed by atoms with Crippen LogP contribution >= 0.6 is 0 Å². The van der Waals surface area contributed by atoms with E-state index in [4.69, 9.17) is 5.41 Å². The van der Waals surface area contributed by atoms with Gasteiger partial charge >= 0.3 is 0 Å². The van der Waals surface area contributed by atoms with Crippen LogP contribution in [0.5, 0.6) is 0 Å². The maximum Gasteiger partial charge on any atom is 0.214 e. The van der Waals surface area contributed by atoms with Crippen LogP contribution in [0.3, 0.4) is 0 Å². The van der Waals surface area contributed by atoms with E-state index in [2.05, 4.69) is 4.98 Å². The average molecular weight is 174 g/mol. The molecular weight excluding hydrogens is 167 g/mol.